The van der Waals surface area contributed by atoms with Gasteiger partial charge in [0.1, 0.15) is 24.6 Å². The number of hydrogen-bond donors (Lipinski definition) is 2. The minimum absolute atomic E-state index is 0.0392. The van der Waals surface area contributed by atoms with Crippen LogP contribution in [0.15, 0.2) is 72.4 Å². The van der Waals surface area contributed by atoms with Gasteiger partial charge in [-0.3, -0.25) is 9.59 Å². The molecule has 1 saturated heterocycles. The Morgan fingerprint density at radius 1 is 1.00 bits per heavy atom. The molecule has 0 aromatic heterocycles. The fraction of sp³-hybridized carbons (Fsp3) is 0.179. The lowest BCUT2D eigenvalue weighted by Crippen LogP contribution is -2.38. The topological polar surface area (TPSA) is 106 Å². The Labute approximate surface area is 224 Å². The highest BCUT2D eigenvalue weighted by molar-refractivity contribution is 6.30. The van der Waals surface area contributed by atoms with Crippen LogP contribution in [-0.2, 0) is 16.2 Å². The van der Waals surface area contributed by atoms with Crippen molar-refractivity contribution in [3.8, 4) is 17.2 Å². The number of ether oxygens (including phenoxy) is 3. The summed E-state index contributed by atoms with van der Waals surface area (Å²) in [6, 6.07) is 18.7. The first-order chi connectivity index (χ1) is 18.4. The summed E-state index contributed by atoms with van der Waals surface area (Å²) < 4.78 is 16.9. The molecule has 1 aliphatic heterocycles. The van der Waals surface area contributed by atoms with E-state index in [0.29, 0.717) is 46.7 Å². The molecule has 4 rings (SSSR count). The van der Waals surface area contributed by atoms with Crippen LogP contribution in [0, 0.1) is 0 Å². The van der Waals surface area contributed by atoms with E-state index in [1.165, 1.54) is 13.2 Å². The van der Waals surface area contributed by atoms with Crippen molar-refractivity contribution in [2.75, 3.05) is 25.6 Å². The number of carbonyl (C=O) groups is 3. The molecule has 3 aromatic rings. The predicted octanol–water partition coefficient (Wildman–Crippen LogP) is 4.86. The third-order valence-electron chi connectivity index (χ3n) is 5.53. The van der Waals surface area contributed by atoms with Crippen molar-refractivity contribution in [1.82, 2.24) is 10.2 Å². The quantitative estimate of drug-likeness (QED) is 0.284. The lowest BCUT2D eigenvalue weighted by Gasteiger charge is -2.14. The average Bonchev–Trinajstić information content (AvgIpc) is 3.16. The van der Waals surface area contributed by atoms with Crippen molar-refractivity contribution < 1.29 is 28.6 Å². The molecule has 1 fully saturated rings. The van der Waals surface area contributed by atoms with E-state index in [-0.39, 0.29) is 5.70 Å². The summed E-state index contributed by atoms with van der Waals surface area (Å²) in [6.45, 7) is 2.12. The van der Waals surface area contributed by atoms with Crippen LogP contribution in [-0.4, -0.2) is 43.0 Å². The van der Waals surface area contributed by atoms with E-state index in [1.807, 2.05) is 19.1 Å². The zero-order valence-corrected chi connectivity index (χ0v) is 21.6. The van der Waals surface area contributed by atoms with Crippen molar-refractivity contribution in [1.29, 1.82) is 0 Å². The number of para-hydroxylation sites is 2. The number of benzene rings is 3. The average molecular weight is 536 g/mol. The van der Waals surface area contributed by atoms with Crippen molar-refractivity contribution in [3.63, 3.8) is 0 Å². The Kier molecular flexibility index (Phi) is 8.50. The van der Waals surface area contributed by atoms with Gasteiger partial charge >= 0.3 is 6.03 Å². The third kappa shape index (κ3) is 6.43. The van der Waals surface area contributed by atoms with Crippen molar-refractivity contribution in [2.24, 2.45) is 0 Å². The highest BCUT2D eigenvalue weighted by Gasteiger charge is 2.35. The number of methoxy groups -OCH3 is 1. The summed E-state index contributed by atoms with van der Waals surface area (Å²) in [7, 11) is 1.48. The standard InChI is InChI=1S/C28H26ClN3O6/c1-3-37-25-15-19(10-13-24(25)38-17-18-8-11-20(29)12-9-18)14-22-27(34)32(28(35)31-22)16-26(33)30-21-6-4-5-7-23(21)36-2/h4-15H,3,16-17H2,1-2H3,(H,30,33)(H,31,35)/b22-14+. The lowest BCUT2D eigenvalue weighted by molar-refractivity contribution is -0.127. The molecule has 0 radical (unpaired) electrons. The molecule has 0 atom stereocenters. The molecule has 0 aliphatic carbocycles. The molecule has 0 spiro atoms. The second-order valence-corrected chi connectivity index (χ2v) is 8.62. The normalized spacial score (nSPS) is 13.9. The van der Waals surface area contributed by atoms with Crippen LogP contribution in [0.3, 0.4) is 0 Å². The first-order valence-electron chi connectivity index (χ1n) is 11.8. The summed E-state index contributed by atoms with van der Waals surface area (Å²) in [5, 5.41) is 5.82. The van der Waals surface area contributed by atoms with Gasteiger partial charge < -0.3 is 24.8 Å². The van der Waals surface area contributed by atoms with Crippen LogP contribution in [0.25, 0.3) is 6.08 Å². The summed E-state index contributed by atoms with van der Waals surface area (Å²) in [6.07, 6.45) is 1.52. The largest absolute Gasteiger partial charge is 0.495 e. The zero-order chi connectivity index (χ0) is 27.1. The van der Waals surface area contributed by atoms with Crippen LogP contribution in [0.5, 0.6) is 17.2 Å². The maximum absolute atomic E-state index is 12.9. The van der Waals surface area contributed by atoms with Gasteiger partial charge in [-0.15, -0.1) is 0 Å². The number of nitrogens with one attached hydrogen (secondary N) is 2. The molecular formula is C28H26ClN3O6. The summed E-state index contributed by atoms with van der Waals surface area (Å²) in [4.78, 5) is 38.7. The minimum atomic E-state index is -0.690. The number of anilines is 1. The maximum Gasteiger partial charge on any atom is 0.329 e. The maximum atomic E-state index is 12.9. The van der Waals surface area contributed by atoms with E-state index >= 15 is 0 Å². The molecule has 0 saturated carbocycles. The second kappa shape index (κ2) is 12.2. The van der Waals surface area contributed by atoms with Crippen LogP contribution in [0.2, 0.25) is 5.02 Å². The summed E-state index contributed by atoms with van der Waals surface area (Å²) in [5.41, 5.74) is 2.02. The molecule has 196 valence electrons. The second-order valence-electron chi connectivity index (χ2n) is 8.18. The van der Waals surface area contributed by atoms with Crippen LogP contribution in [0.1, 0.15) is 18.1 Å². The van der Waals surface area contributed by atoms with Gasteiger partial charge in [0.15, 0.2) is 11.5 Å². The number of carbonyl (C=O) groups excluding carboxylic acids is 3. The van der Waals surface area contributed by atoms with Crippen LogP contribution < -0.4 is 24.8 Å². The number of imide groups is 1. The van der Waals surface area contributed by atoms with E-state index in [9.17, 15) is 14.4 Å². The zero-order valence-electron chi connectivity index (χ0n) is 20.8. The predicted molar refractivity (Wildman–Crippen MR) is 143 cm³/mol. The SMILES string of the molecule is CCOc1cc(/C=C2/NC(=O)N(CC(=O)Nc3ccccc3OC)C2=O)ccc1OCc1ccc(Cl)cc1. The van der Waals surface area contributed by atoms with Gasteiger partial charge in [0.2, 0.25) is 5.91 Å². The van der Waals surface area contributed by atoms with Crippen molar-refractivity contribution in [2.45, 2.75) is 13.5 Å². The molecule has 9 nitrogen and oxygen atoms in total. The van der Waals surface area contributed by atoms with Crippen molar-refractivity contribution in [3.05, 3.63) is 88.6 Å². The fourth-order valence-corrected chi connectivity index (χ4v) is 3.83. The number of urea groups is 1. The van der Waals surface area contributed by atoms with E-state index in [0.717, 1.165) is 10.5 Å². The highest BCUT2D eigenvalue weighted by Crippen LogP contribution is 2.31. The molecule has 4 amide bonds. The number of nitrogens with zero attached hydrogens (tertiary/aromatic N) is 1. The summed E-state index contributed by atoms with van der Waals surface area (Å²) >= 11 is 5.94. The molecule has 38 heavy (non-hydrogen) atoms. The number of hydrogen-bond acceptors (Lipinski definition) is 6. The first-order valence-corrected chi connectivity index (χ1v) is 12.2. The van der Waals surface area contributed by atoms with Gasteiger partial charge in [-0.25, -0.2) is 9.69 Å². The van der Waals surface area contributed by atoms with Gasteiger partial charge in [-0.1, -0.05) is 41.9 Å². The number of halogens is 1. The molecule has 0 bridgehead atoms. The van der Waals surface area contributed by atoms with E-state index in [1.54, 1.807) is 54.6 Å². The molecule has 0 unspecified atom stereocenters. The first kappa shape index (κ1) is 26.6. The molecule has 2 N–H and O–H groups in total. The van der Waals surface area contributed by atoms with Crippen molar-refractivity contribution >= 4 is 41.2 Å². The third-order valence-corrected chi connectivity index (χ3v) is 5.78. The monoisotopic (exact) mass is 535 g/mol. The Hall–Kier alpha value is -4.50. The molecule has 10 heteroatoms. The lowest BCUT2D eigenvalue weighted by atomic mass is 10.1. The Morgan fingerprint density at radius 2 is 1.76 bits per heavy atom. The van der Waals surface area contributed by atoms with E-state index < -0.39 is 24.4 Å². The van der Waals surface area contributed by atoms with Gasteiger partial charge in [-0.2, -0.15) is 0 Å². The Balaban J connectivity index is 1.44. The van der Waals surface area contributed by atoms with Gasteiger partial charge in [0.05, 0.1) is 19.4 Å². The summed E-state index contributed by atoms with van der Waals surface area (Å²) in [5.74, 6) is 0.316. The smallest absolute Gasteiger partial charge is 0.329 e. The molecular weight excluding hydrogens is 510 g/mol. The Bertz CT molecular complexity index is 1370. The fourth-order valence-electron chi connectivity index (χ4n) is 3.71. The number of rotatable bonds is 10. The minimum Gasteiger partial charge on any atom is -0.495 e. The highest BCUT2D eigenvalue weighted by atomic mass is 35.5. The van der Waals surface area contributed by atoms with Crippen LogP contribution in [0.4, 0.5) is 10.5 Å². The van der Waals surface area contributed by atoms with Gasteiger partial charge in [-0.05, 0) is 60.5 Å². The van der Waals surface area contributed by atoms with Gasteiger partial charge in [0, 0.05) is 5.02 Å². The van der Waals surface area contributed by atoms with E-state index in [2.05, 4.69) is 10.6 Å². The molecule has 1 aliphatic rings. The van der Waals surface area contributed by atoms with Crippen LogP contribution >= 0.6 is 11.6 Å². The van der Waals surface area contributed by atoms with E-state index in [4.69, 9.17) is 25.8 Å². The molecule has 1 heterocycles. The Morgan fingerprint density at radius 3 is 2.50 bits per heavy atom. The number of amides is 4. The molecule has 3 aromatic carbocycles. The van der Waals surface area contributed by atoms with Gasteiger partial charge in [0.25, 0.3) is 5.91 Å².